The Balaban J connectivity index is 3.53. The quantitative estimate of drug-likeness (QED) is 0.474. The van der Waals surface area contributed by atoms with Crippen LogP contribution in [0.2, 0.25) is 0 Å². The minimum absolute atomic E-state index is 0.0546. The van der Waals surface area contributed by atoms with E-state index in [0.717, 1.165) is 12.8 Å². The summed E-state index contributed by atoms with van der Waals surface area (Å²) >= 11 is 0. The lowest BCUT2D eigenvalue weighted by molar-refractivity contribution is -0.121. The highest BCUT2D eigenvalue weighted by Gasteiger charge is 2.13. The predicted octanol–water partition coefficient (Wildman–Crippen LogP) is 1.14. The van der Waals surface area contributed by atoms with Crippen molar-refractivity contribution in [2.24, 2.45) is 17.4 Å². The minimum atomic E-state index is -0.289. The Morgan fingerprint density at radius 3 is 2.40 bits per heavy atom. The first-order valence-electron chi connectivity index (χ1n) is 4.90. The Bertz CT molecular complexity index is 212. The molecule has 0 aromatic heterocycles. The van der Waals surface area contributed by atoms with Crippen molar-refractivity contribution in [1.82, 2.24) is 0 Å². The minimum Gasteiger partial charge on any atom is -0.370 e. The van der Waals surface area contributed by atoms with Crippen LogP contribution in [0.1, 0.15) is 26.2 Å². The van der Waals surface area contributed by atoms with Gasteiger partial charge in [0, 0.05) is 23.8 Å². The van der Waals surface area contributed by atoms with Gasteiger partial charge in [0.25, 0.3) is 0 Å². The van der Waals surface area contributed by atoms with Gasteiger partial charge in [-0.05, 0) is 6.42 Å². The summed E-state index contributed by atoms with van der Waals surface area (Å²) in [5, 5.41) is 0. The number of rotatable bonds is 9. The molecule has 0 bridgehead atoms. The molecule has 0 aliphatic carbocycles. The van der Waals surface area contributed by atoms with E-state index in [9.17, 15) is 9.59 Å². The second kappa shape index (κ2) is 8.91. The van der Waals surface area contributed by atoms with Crippen LogP contribution in [-0.4, -0.2) is 23.3 Å². The number of hydrogen-bond acceptors (Lipinski definition) is 4. The van der Waals surface area contributed by atoms with E-state index in [1.54, 1.807) is 21.6 Å². The Kier molecular flexibility index (Phi) is 8.70. The zero-order valence-corrected chi connectivity index (χ0v) is 10.5. The smallest absolute Gasteiger partial charge is 0.221 e. The van der Waals surface area contributed by atoms with E-state index in [-0.39, 0.29) is 17.7 Å². The predicted molar refractivity (Wildman–Crippen MR) is 66.3 cm³/mol. The van der Waals surface area contributed by atoms with Crippen LogP contribution in [0.15, 0.2) is 0 Å². The van der Waals surface area contributed by atoms with Crippen LogP contribution in [0.4, 0.5) is 0 Å². The van der Waals surface area contributed by atoms with E-state index in [1.165, 1.54) is 0 Å². The van der Waals surface area contributed by atoms with Gasteiger partial charge in [-0.2, -0.15) is 0 Å². The normalized spacial score (nSPS) is 12.3. The maximum absolute atomic E-state index is 11.0. The Hall–Kier alpha value is -0.360. The molecule has 2 amide bonds. The van der Waals surface area contributed by atoms with Crippen LogP contribution in [-0.2, 0) is 9.59 Å². The Labute approximate surface area is 98.3 Å². The molecule has 6 heteroatoms. The molecule has 1 atom stereocenters. The van der Waals surface area contributed by atoms with Gasteiger partial charge in [-0.15, -0.1) is 0 Å². The van der Waals surface area contributed by atoms with Gasteiger partial charge in [-0.1, -0.05) is 34.9 Å². The highest BCUT2D eigenvalue weighted by Crippen LogP contribution is 2.26. The molecule has 0 aromatic rings. The standard InChI is InChI=1S/C9H18N2O2S2/c1-2-3-7(9(11)13)6-15-14-5-4-8(10)12/h7H,2-6H2,1H3,(H2,10,12)(H2,11,13). The molecule has 0 spiro atoms. The van der Waals surface area contributed by atoms with Crippen LogP contribution in [0.3, 0.4) is 0 Å². The molecular weight excluding hydrogens is 232 g/mol. The van der Waals surface area contributed by atoms with Gasteiger partial charge in [0.15, 0.2) is 0 Å². The van der Waals surface area contributed by atoms with Gasteiger partial charge in [-0.25, -0.2) is 0 Å². The molecule has 0 radical (unpaired) electrons. The van der Waals surface area contributed by atoms with Gasteiger partial charge >= 0.3 is 0 Å². The van der Waals surface area contributed by atoms with Crippen molar-refractivity contribution in [3.05, 3.63) is 0 Å². The van der Waals surface area contributed by atoms with Crippen LogP contribution in [0.25, 0.3) is 0 Å². The van der Waals surface area contributed by atoms with Crippen molar-refractivity contribution >= 4 is 33.4 Å². The molecule has 0 rings (SSSR count). The molecule has 88 valence electrons. The highest BCUT2D eigenvalue weighted by atomic mass is 33.1. The number of amides is 2. The van der Waals surface area contributed by atoms with E-state index in [2.05, 4.69) is 0 Å². The van der Waals surface area contributed by atoms with Gasteiger partial charge in [0.05, 0.1) is 0 Å². The van der Waals surface area contributed by atoms with E-state index < -0.39 is 0 Å². The SMILES string of the molecule is CCCC(CSSCCC(N)=O)C(N)=O. The van der Waals surface area contributed by atoms with Crippen molar-refractivity contribution in [3.8, 4) is 0 Å². The largest absolute Gasteiger partial charge is 0.370 e. The summed E-state index contributed by atoms with van der Waals surface area (Å²) in [5.74, 6) is 0.827. The van der Waals surface area contributed by atoms with Crippen LogP contribution >= 0.6 is 21.6 Å². The highest BCUT2D eigenvalue weighted by molar-refractivity contribution is 8.76. The van der Waals surface area contributed by atoms with Crippen molar-refractivity contribution in [2.45, 2.75) is 26.2 Å². The molecule has 0 aliphatic rings. The lowest BCUT2D eigenvalue weighted by Gasteiger charge is -2.10. The van der Waals surface area contributed by atoms with Crippen LogP contribution in [0.5, 0.6) is 0 Å². The first kappa shape index (κ1) is 14.6. The van der Waals surface area contributed by atoms with E-state index >= 15 is 0 Å². The van der Waals surface area contributed by atoms with E-state index in [1.807, 2.05) is 6.92 Å². The van der Waals surface area contributed by atoms with Gasteiger partial charge < -0.3 is 11.5 Å². The molecule has 4 N–H and O–H groups in total. The van der Waals surface area contributed by atoms with Crippen molar-refractivity contribution < 1.29 is 9.59 Å². The molecule has 15 heavy (non-hydrogen) atoms. The molecular formula is C9H18N2O2S2. The summed E-state index contributed by atoms with van der Waals surface area (Å²) in [6.07, 6.45) is 2.17. The maximum atomic E-state index is 11.0. The Morgan fingerprint density at radius 2 is 1.93 bits per heavy atom. The third-order valence-corrected chi connectivity index (χ3v) is 4.31. The molecule has 0 aliphatic heterocycles. The fourth-order valence-corrected chi connectivity index (χ4v) is 3.37. The Morgan fingerprint density at radius 1 is 1.27 bits per heavy atom. The van der Waals surface area contributed by atoms with Crippen molar-refractivity contribution in [3.63, 3.8) is 0 Å². The summed E-state index contributed by atoms with van der Waals surface area (Å²) in [5.41, 5.74) is 10.2. The lowest BCUT2D eigenvalue weighted by Crippen LogP contribution is -2.24. The molecule has 0 fully saturated rings. The first-order valence-corrected chi connectivity index (χ1v) is 7.38. The molecule has 0 saturated heterocycles. The number of nitrogens with two attached hydrogens (primary N) is 2. The van der Waals surface area contributed by atoms with Crippen LogP contribution < -0.4 is 11.5 Å². The van der Waals surface area contributed by atoms with Gasteiger partial charge in [-0.3, -0.25) is 9.59 Å². The van der Waals surface area contributed by atoms with Gasteiger partial charge in [0.1, 0.15) is 0 Å². The molecule has 0 saturated carbocycles. The summed E-state index contributed by atoms with van der Waals surface area (Å²) in [6, 6.07) is 0. The summed E-state index contributed by atoms with van der Waals surface area (Å²) in [6.45, 7) is 2.03. The molecule has 4 nitrogen and oxygen atoms in total. The number of hydrogen-bond donors (Lipinski definition) is 2. The topological polar surface area (TPSA) is 86.2 Å². The maximum Gasteiger partial charge on any atom is 0.221 e. The number of carbonyl (C=O) groups is 2. The zero-order valence-electron chi connectivity index (χ0n) is 8.90. The molecule has 1 unspecified atom stereocenters. The number of carbonyl (C=O) groups excluding carboxylic acids is 2. The second-order valence-electron chi connectivity index (χ2n) is 3.21. The molecule has 0 heterocycles. The molecule has 0 aromatic carbocycles. The fraction of sp³-hybridized carbons (Fsp3) is 0.778. The summed E-state index contributed by atoms with van der Waals surface area (Å²) in [4.78, 5) is 21.4. The summed E-state index contributed by atoms with van der Waals surface area (Å²) < 4.78 is 0. The fourth-order valence-electron chi connectivity index (χ4n) is 0.988. The van der Waals surface area contributed by atoms with E-state index in [0.29, 0.717) is 17.9 Å². The van der Waals surface area contributed by atoms with E-state index in [4.69, 9.17) is 11.5 Å². The van der Waals surface area contributed by atoms with Crippen LogP contribution in [0, 0.1) is 5.92 Å². The second-order valence-corrected chi connectivity index (χ2v) is 5.84. The third kappa shape index (κ3) is 8.62. The zero-order chi connectivity index (χ0) is 11.7. The lowest BCUT2D eigenvalue weighted by atomic mass is 10.1. The van der Waals surface area contributed by atoms with Crippen molar-refractivity contribution in [2.75, 3.05) is 11.5 Å². The third-order valence-electron chi connectivity index (χ3n) is 1.82. The summed E-state index contributed by atoms with van der Waals surface area (Å²) in [7, 11) is 3.14. The monoisotopic (exact) mass is 250 g/mol. The average molecular weight is 250 g/mol. The van der Waals surface area contributed by atoms with Crippen molar-refractivity contribution in [1.29, 1.82) is 0 Å². The average Bonchev–Trinajstić information content (AvgIpc) is 2.15. The van der Waals surface area contributed by atoms with Gasteiger partial charge in [0.2, 0.25) is 11.8 Å². The first-order chi connectivity index (χ1) is 7.07. The number of primary amides is 2.